The molecule has 1 aliphatic carbocycles. The van der Waals surface area contributed by atoms with Crippen LogP contribution in [0.1, 0.15) is 53.9 Å². The number of nitrogens with zero attached hydrogens (tertiary/aromatic N) is 2. The summed E-state index contributed by atoms with van der Waals surface area (Å²) in [6.45, 7) is 8.22. The zero-order chi connectivity index (χ0) is 23.2. The lowest BCUT2D eigenvalue weighted by Crippen LogP contribution is -2.50. The summed E-state index contributed by atoms with van der Waals surface area (Å²) in [6.07, 6.45) is 5.46. The summed E-state index contributed by atoms with van der Waals surface area (Å²) < 4.78 is 11.2. The van der Waals surface area contributed by atoms with Crippen LogP contribution in [0, 0.1) is 0 Å². The number of hydrogen-bond acceptors (Lipinski definition) is 6. The maximum atomic E-state index is 12.8. The molecule has 0 unspecified atom stereocenters. The van der Waals surface area contributed by atoms with Gasteiger partial charge in [0.1, 0.15) is 10.8 Å². The zero-order valence-corrected chi connectivity index (χ0v) is 21.2. The number of fused-ring (bicyclic) bond motifs is 1. The molecular formula is C25H33N3O3S2. The van der Waals surface area contributed by atoms with Crippen LogP contribution in [0.5, 0.6) is 5.75 Å². The molecule has 33 heavy (non-hydrogen) atoms. The molecule has 1 saturated heterocycles. The second kappa shape index (κ2) is 11.2. The van der Waals surface area contributed by atoms with Crippen molar-refractivity contribution in [3.8, 4) is 5.75 Å². The molecule has 0 saturated carbocycles. The molecule has 0 spiro atoms. The van der Waals surface area contributed by atoms with E-state index in [0.29, 0.717) is 23.9 Å². The Labute approximate surface area is 205 Å². The van der Waals surface area contributed by atoms with Gasteiger partial charge in [-0.2, -0.15) is 0 Å². The van der Waals surface area contributed by atoms with E-state index in [-0.39, 0.29) is 5.97 Å². The Bertz CT molecular complexity index is 983. The molecule has 1 aromatic heterocycles. The van der Waals surface area contributed by atoms with E-state index in [0.717, 1.165) is 61.9 Å². The van der Waals surface area contributed by atoms with Crippen LogP contribution in [0.3, 0.4) is 0 Å². The minimum atomic E-state index is -0.237. The van der Waals surface area contributed by atoms with Gasteiger partial charge in [0.05, 0.1) is 24.5 Å². The summed E-state index contributed by atoms with van der Waals surface area (Å²) in [5.41, 5.74) is 2.99. The average Bonchev–Trinajstić information content (AvgIpc) is 3.00. The molecule has 2 aliphatic rings. The molecular weight excluding hydrogens is 454 g/mol. The number of benzene rings is 1. The molecule has 6 nitrogen and oxygen atoms in total. The number of carbonyl (C=O) groups excluding carboxylic acids is 1. The summed E-state index contributed by atoms with van der Waals surface area (Å²) in [7, 11) is 0. The molecule has 1 N–H and O–H groups in total. The third-order valence-corrected chi connectivity index (χ3v) is 7.76. The minimum absolute atomic E-state index is 0.237. The molecule has 1 fully saturated rings. The maximum absolute atomic E-state index is 12.8. The predicted molar refractivity (Wildman–Crippen MR) is 139 cm³/mol. The van der Waals surface area contributed by atoms with Gasteiger partial charge < -0.3 is 24.6 Å². The van der Waals surface area contributed by atoms with Gasteiger partial charge in [0.2, 0.25) is 0 Å². The molecule has 1 aliphatic heterocycles. The number of ether oxygens (including phenoxy) is 2. The summed E-state index contributed by atoms with van der Waals surface area (Å²) in [4.78, 5) is 18.7. The van der Waals surface area contributed by atoms with Crippen molar-refractivity contribution in [2.75, 3.05) is 49.6 Å². The van der Waals surface area contributed by atoms with Crippen molar-refractivity contribution in [3.05, 3.63) is 40.3 Å². The topological polar surface area (TPSA) is 54.0 Å². The third-order valence-electron chi connectivity index (χ3n) is 6.19. The Morgan fingerprint density at radius 3 is 2.58 bits per heavy atom. The van der Waals surface area contributed by atoms with Crippen molar-refractivity contribution in [1.29, 1.82) is 0 Å². The number of thiophene rings is 1. The number of carbonyl (C=O) groups is 1. The van der Waals surface area contributed by atoms with Crippen LogP contribution in [0.25, 0.3) is 0 Å². The highest BCUT2D eigenvalue weighted by Gasteiger charge is 2.28. The van der Waals surface area contributed by atoms with Crippen LogP contribution in [-0.4, -0.2) is 55.4 Å². The van der Waals surface area contributed by atoms with E-state index in [9.17, 15) is 4.79 Å². The lowest BCUT2D eigenvalue weighted by Gasteiger charge is -2.37. The number of para-hydroxylation sites is 2. The van der Waals surface area contributed by atoms with Crippen LogP contribution in [0.4, 0.5) is 10.7 Å². The van der Waals surface area contributed by atoms with Gasteiger partial charge in [0, 0.05) is 31.1 Å². The first-order valence-corrected chi connectivity index (χ1v) is 13.2. The minimum Gasteiger partial charge on any atom is -0.492 e. The molecule has 4 rings (SSSR count). The van der Waals surface area contributed by atoms with Crippen molar-refractivity contribution >= 4 is 45.3 Å². The van der Waals surface area contributed by atoms with Gasteiger partial charge in [-0.3, -0.25) is 0 Å². The van der Waals surface area contributed by atoms with Gasteiger partial charge in [-0.1, -0.05) is 18.6 Å². The van der Waals surface area contributed by atoms with E-state index in [2.05, 4.69) is 21.2 Å². The van der Waals surface area contributed by atoms with E-state index < -0.39 is 0 Å². The molecule has 0 radical (unpaired) electrons. The first-order valence-electron chi connectivity index (χ1n) is 12.0. The first kappa shape index (κ1) is 23.8. The second-order valence-corrected chi connectivity index (χ2v) is 9.79. The van der Waals surface area contributed by atoms with E-state index in [1.807, 2.05) is 32.0 Å². The van der Waals surface area contributed by atoms with E-state index >= 15 is 0 Å². The molecule has 2 heterocycles. The molecule has 178 valence electrons. The molecule has 0 amide bonds. The number of esters is 1. The smallest absolute Gasteiger partial charge is 0.341 e. The van der Waals surface area contributed by atoms with Crippen LogP contribution >= 0.6 is 23.6 Å². The lowest BCUT2D eigenvalue weighted by molar-refractivity contribution is 0.0527. The van der Waals surface area contributed by atoms with Crippen LogP contribution in [0.2, 0.25) is 0 Å². The van der Waals surface area contributed by atoms with Gasteiger partial charge in [-0.25, -0.2) is 4.79 Å². The SMILES string of the molecule is CCOC(=O)c1c(NC(=S)N2CCN(c3ccccc3OCC)CC2)sc2c1CCCCC2. The zero-order valence-electron chi connectivity index (χ0n) is 19.5. The fraction of sp³-hybridized carbons (Fsp3) is 0.520. The molecule has 0 atom stereocenters. The summed E-state index contributed by atoms with van der Waals surface area (Å²) in [5.74, 6) is 0.688. The third kappa shape index (κ3) is 5.44. The quantitative estimate of drug-likeness (QED) is 0.345. The van der Waals surface area contributed by atoms with Crippen molar-refractivity contribution in [3.63, 3.8) is 0 Å². The van der Waals surface area contributed by atoms with E-state index in [4.69, 9.17) is 21.7 Å². The van der Waals surface area contributed by atoms with Crippen LogP contribution < -0.4 is 15.0 Å². The number of rotatable bonds is 6. The number of hydrogen-bond donors (Lipinski definition) is 1. The highest BCUT2D eigenvalue weighted by atomic mass is 32.1. The highest BCUT2D eigenvalue weighted by molar-refractivity contribution is 7.80. The second-order valence-electron chi connectivity index (χ2n) is 8.29. The largest absolute Gasteiger partial charge is 0.492 e. The number of aryl methyl sites for hydroxylation is 1. The van der Waals surface area contributed by atoms with Gasteiger partial charge in [0.15, 0.2) is 5.11 Å². The van der Waals surface area contributed by atoms with Crippen LogP contribution in [-0.2, 0) is 17.6 Å². The van der Waals surface area contributed by atoms with Gasteiger partial charge in [0.25, 0.3) is 0 Å². The summed E-state index contributed by atoms with van der Waals surface area (Å²) in [5, 5.41) is 4.93. The molecule has 1 aromatic carbocycles. The Balaban J connectivity index is 1.45. The summed E-state index contributed by atoms with van der Waals surface area (Å²) in [6, 6.07) is 8.19. The van der Waals surface area contributed by atoms with E-state index in [1.165, 1.54) is 23.3 Å². The maximum Gasteiger partial charge on any atom is 0.341 e. The Morgan fingerprint density at radius 1 is 1.06 bits per heavy atom. The normalized spacial score (nSPS) is 16.1. The van der Waals surface area contributed by atoms with Gasteiger partial charge >= 0.3 is 5.97 Å². The van der Waals surface area contributed by atoms with E-state index in [1.54, 1.807) is 11.3 Å². The Hall–Kier alpha value is -2.32. The Morgan fingerprint density at radius 2 is 1.82 bits per heavy atom. The molecule has 8 heteroatoms. The Kier molecular flexibility index (Phi) is 8.09. The van der Waals surface area contributed by atoms with Crippen molar-refractivity contribution in [2.24, 2.45) is 0 Å². The average molecular weight is 488 g/mol. The lowest BCUT2D eigenvalue weighted by atomic mass is 10.1. The molecule has 0 bridgehead atoms. The van der Waals surface area contributed by atoms with Gasteiger partial charge in [-0.05, 0) is 69.4 Å². The summed E-state index contributed by atoms with van der Waals surface area (Å²) >= 11 is 7.46. The highest BCUT2D eigenvalue weighted by Crippen LogP contribution is 2.38. The van der Waals surface area contributed by atoms with Crippen LogP contribution in [0.15, 0.2) is 24.3 Å². The van der Waals surface area contributed by atoms with Gasteiger partial charge in [-0.15, -0.1) is 11.3 Å². The monoisotopic (exact) mass is 487 g/mol. The van der Waals surface area contributed by atoms with Crippen molar-refractivity contribution in [1.82, 2.24) is 4.90 Å². The fourth-order valence-corrected chi connectivity index (χ4v) is 6.20. The molecule has 2 aromatic rings. The number of piperazine rings is 1. The number of anilines is 2. The first-order chi connectivity index (χ1) is 16.1. The fourth-order valence-electron chi connectivity index (χ4n) is 4.57. The number of nitrogens with one attached hydrogen (secondary N) is 1. The van der Waals surface area contributed by atoms with Crippen molar-refractivity contribution in [2.45, 2.75) is 46.0 Å². The number of thiocarbonyl (C=S) groups is 1. The standard InChI is InChI=1S/C25H33N3O3S2/c1-3-30-20-12-9-8-11-19(20)27-14-16-28(17-15-27)25(32)26-23-22(24(29)31-4-2)18-10-6-5-7-13-21(18)33-23/h8-9,11-12H,3-7,10,13-17H2,1-2H3,(H,26,32). The van der Waals surface area contributed by atoms with Crippen molar-refractivity contribution < 1.29 is 14.3 Å². The predicted octanol–water partition coefficient (Wildman–Crippen LogP) is 5.11.